The van der Waals surface area contributed by atoms with Crippen molar-refractivity contribution in [2.24, 2.45) is 0 Å². The molecule has 50 heavy (non-hydrogen) atoms. The van der Waals surface area contributed by atoms with E-state index in [0.29, 0.717) is 7.25 Å². The SMILES string of the molecule is Cc1ccc([C](c2ccc(C)cc2)=[Zr]([CH]2C=CC=C2)[CH]2c3cc4c(cc3-c3cc5c(cc32)C(C)(C)CCC5(C)C)C(C)(C)CCC4(C)C)cc1. The van der Waals surface area contributed by atoms with Gasteiger partial charge < -0.3 is 0 Å². The number of benzene rings is 4. The molecule has 0 spiro atoms. The first kappa shape index (κ1) is 34.2. The quantitative estimate of drug-likeness (QED) is 0.196. The van der Waals surface area contributed by atoms with Crippen LogP contribution >= 0.6 is 0 Å². The van der Waals surface area contributed by atoms with Crippen molar-refractivity contribution in [1.29, 1.82) is 0 Å². The summed E-state index contributed by atoms with van der Waals surface area (Å²) in [6.45, 7) is 24.5. The Kier molecular flexibility index (Phi) is 8.09. The van der Waals surface area contributed by atoms with E-state index in [1.165, 1.54) is 59.1 Å². The van der Waals surface area contributed by atoms with E-state index in [9.17, 15) is 0 Å². The molecule has 8 rings (SSSR count). The molecule has 0 saturated carbocycles. The van der Waals surface area contributed by atoms with Gasteiger partial charge in [0.2, 0.25) is 0 Å². The summed E-state index contributed by atoms with van der Waals surface area (Å²) in [5, 5.41) is 0. The van der Waals surface area contributed by atoms with Crippen LogP contribution in [0.4, 0.5) is 0 Å². The van der Waals surface area contributed by atoms with Gasteiger partial charge in [-0.1, -0.05) is 0 Å². The molecule has 0 N–H and O–H groups in total. The van der Waals surface area contributed by atoms with E-state index in [4.69, 9.17) is 0 Å². The molecule has 256 valence electrons. The van der Waals surface area contributed by atoms with E-state index >= 15 is 0 Å². The zero-order chi connectivity index (χ0) is 35.4. The molecule has 0 unspecified atom stereocenters. The monoisotopic (exact) mass is 734 g/mol. The number of allylic oxidation sites excluding steroid dienone is 4. The van der Waals surface area contributed by atoms with E-state index in [1.807, 2.05) is 0 Å². The van der Waals surface area contributed by atoms with Gasteiger partial charge in [0.1, 0.15) is 0 Å². The van der Waals surface area contributed by atoms with Crippen LogP contribution < -0.4 is 0 Å². The normalized spacial score (nSPS) is 20.6. The molecule has 0 saturated heterocycles. The van der Waals surface area contributed by atoms with Gasteiger partial charge in [0, 0.05) is 0 Å². The van der Waals surface area contributed by atoms with Crippen molar-refractivity contribution in [1.82, 2.24) is 0 Å². The standard InChI is InChI=1S/C29H37.C15H14.C5H5.Zr/c1-26(2)9-11-28(5,6)24-16-20-18(14-22(24)26)13-19-15-23-25(17-21(19)20)29(7,8)12-10-27(23,3)4;1-12-3-7-14(8-4-12)11-15-9-5-13(2)6-10-15;1-2-4-5-3-1;/h13-17H,9-12H2,1-8H3;3-10H,1-2H3;1-5H;. The molecule has 4 aromatic carbocycles. The van der Waals surface area contributed by atoms with E-state index in [1.54, 1.807) is 36.6 Å². The third-order valence-corrected chi connectivity index (χ3v) is 22.0. The van der Waals surface area contributed by atoms with E-state index < -0.39 is 21.3 Å². The maximum atomic E-state index is 2.76. The minimum absolute atomic E-state index is 0.166. The zero-order valence-electron chi connectivity index (χ0n) is 32.2. The Morgan fingerprint density at radius 1 is 0.500 bits per heavy atom. The van der Waals surface area contributed by atoms with Gasteiger partial charge >= 0.3 is 312 Å². The third-order valence-electron chi connectivity index (χ3n) is 13.3. The minimum atomic E-state index is -2.78. The number of fused-ring (bicyclic) bond motifs is 5. The molecule has 0 fully saturated rings. The first-order valence-electron chi connectivity index (χ1n) is 19.2. The van der Waals surface area contributed by atoms with Gasteiger partial charge in [0.05, 0.1) is 0 Å². The Morgan fingerprint density at radius 2 is 0.840 bits per heavy atom. The van der Waals surface area contributed by atoms with Gasteiger partial charge in [-0.2, -0.15) is 0 Å². The van der Waals surface area contributed by atoms with E-state index in [2.05, 4.69) is 166 Å². The molecule has 0 bridgehead atoms. The predicted octanol–water partition coefficient (Wildman–Crippen LogP) is 12.9. The summed E-state index contributed by atoms with van der Waals surface area (Å²) in [7, 11) is 0. The number of aryl methyl sites for hydroxylation is 2. The van der Waals surface area contributed by atoms with Crippen LogP contribution in [0, 0.1) is 13.8 Å². The Hall–Kier alpha value is -2.89. The summed E-state index contributed by atoms with van der Waals surface area (Å²) in [5.74, 6) is 0. The van der Waals surface area contributed by atoms with Crippen LogP contribution in [0.3, 0.4) is 0 Å². The summed E-state index contributed by atoms with van der Waals surface area (Å²) in [5.41, 5.74) is 18.9. The third kappa shape index (κ3) is 5.52. The summed E-state index contributed by atoms with van der Waals surface area (Å²) >= 11 is -2.78. The van der Waals surface area contributed by atoms with Crippen molar-refractivity contribution in [3.63, 3.8) is 0 Å². The molecule has 4 aliphatic rings. The fraction of sp³-hybridized carbons (Fsp3) is 0.408. The van der Waals surface area contributed by atoms with Crippen LogP contribution in [0.15, 0.2) is 97.1 Å². The molecular formula is C49H56Zr. The molecule has 0 heterocycles. The predicted molar refractivity (Wildman–Crippen MR) is 212 cm³/mol. The first-order valence-corrected chi connectivity index (χ1v) is 23.3. The summed E-state index contributed by atoms with van der Waals surface area (Å²) in [4.78, 5) is 0. The second-order valence-electron chi connectivity index (χ2n) is 18.8. The van der Waals surface area contributed by atoms with E-state index in [-0.39, 0.29) is 21.7 Å². The van der Waals surface area contributed by atoms with Gasteiger partial charge in [0.15, 0.2) is 0 Å². The second-order valence-corrected chi connectivity index (χ2v) is 25.3. The zero-order valence-corrected chi connectivity index (χ0v) is 34.7. The Morgan fingerprint density at radius 3 is 1.20 bits per heavy atom. The van der Waals surface area contributed by atoms with Crippen LogP contribution in [0.25, 0.3) is 11.1 Å². The number of hydrogen-bond donors (Lipinski definition) is 0. The number of hydrogen-bond acceptors (Lipinski definition) is 0. The van der Waals surface area contributed by atoms with Gasteiger partial charge in [-0.05, 0) is 0 Å². The van der Waals surface area contributed by atoms with Gasteiger partial charge in [-0.25, -0.2) is 0 Å². The molecular weight excluding hydrogens is 680 g/mol. The average Bonchev–Trinajstić information content (AvgIpc) is 3.71. The molecule has 1 heteroatoms. The fourth-order valence-electron chi connectivity index (χ4n) is 9.79. The molecule has 4 aromatic rings. The second kappa shape index (κ2) is 11.8. The van der Waals surface area contributed by atoms with Crippen molar-refractivity contribution in [3.8, 4) is 11.1 Å². The topological polar surface area (TPSA) is 0 Å². The van der Waals surface area contributed by atoms with Crippen LogP contribution in [0.5, 0.6) is 0 Å². The van der Waals surface area contributed by atoms with Crippen LogP contribution in [0.1, 0.15) is 140 Å². The van der Waals surface area contributed by atoms with Crippen molar-refractivity contribution < 1.29 is 21.3 Å². The molecule has 0 nitrogen and oxygen atoms in total. The van der Waals surface area contributed by atoms with Crippen LogP contribution in [-0.2, 0) is 42.9 Å². The first-order chi connectivity index (χ1) is 23.6. The maximum absolute atomic E-state index is 2.78. The van der Waals surface area contributed by atoms with Crippen LogP contribution in [0.2, 0.25) is 3.63 Å². The van der Waals surface area contributed by atoms with Gasteiger partial charge in [-0.15, -0.1) is 0 Å². The molecule has 0 amide bonds. The fourth-order valence-corrected chi connectivity index (χ4v) is 19.1. The summed E-state index contributed by atoms with van der Waals surface area (Å²) in [6.07, 6.45) is 14.8. The summed E-state index contributed by atoms with van der Waals surface area (Å²) < 4.78 is 2.57. The Balaban J connectivity index is 1.52. The van der Waals surface area contributed by atoms with E-state index in [0.717, 1.165) is 0 Å². The Bertz CT molecular complexity index is 1960. The number of rotatable bonds is 4. The van der Waals surface area contributed by atoms with Crippen molar-refractivity contribution >= 4 is 3.21 Å². The molecule has 0 atom stereocenters. The molecule has 0 aliphatic heterocycles. The molecule has 0 aromatic heterocycles. The van der Waals surface area contributed by atoms with Gasteiger partial charge in [0.25, 0.3) is 0 Å². The van der Waals surface area contributed by atoms with Crippen molar-refractivity contribution in [3.05, 3.63) is 153 Å². The van der Waals surface area contributed by atoms with Crippen molar-refractivity contribution in [2.75, 3.05) is 0 Å². The Labute approximate surface area is 310 Å². The van der Waals surface area contributed by atoms with Crippen LogP contribution in [-0.4, -0.2) is 3.21 Å². The van der Waals surface area contributed by atoms with Crippen molar-refractivity contribution in [2.45, 2.75) is 124 Å². The van der Waals surface area contributed by atoms with Gasteiger partial charge in [-0.3, -0.25) is 0 Å². The molecule has 0 radical (unpaired) electrons. The molecule has 4 aliphatic carbocycles. The average molecular weight is 736 g/mol. The summed E-state index contributed by atoms with van der Waals surface area (Å²) in [6, 6.07) is 30.0.